The molecular weight excluding hydrogens is 324 g/mol. The van der Waals surface area contributed by atoms with Crippen LogP contribution in [-0.2, 0) is 17.8 Å². The summed E-state index contributed by atoms with van der Waals surface area (Å²) >= 11 is 0. The summed E-state index contributed by atoms with van der Waals surface area (Å²) in [6, 6.07) is 14.2. The minimum Gasteiger partial charge on any atom is -0.358 e. The summed E-state index contributed by atoms with van der Waals surface area (Å²) < 4.78 is 2.03. The normalized spacial score (nSPS) is 11.3. The van der Waals surface area contributed by atoms with E-state index in [9.17, 15) is 4.79 Å². The number of amides is 1. The predicted octanol–water partition coefficient (Wildman–Crippen LogP) is 4.34. The Labute approximate surface area is 152 Å². The standard InChI is InChI=1S/C21H22N4O/c1-4-25-19-8-6-5-7-18(19)23-21(25)24-20(26)12-15-14(3)22-17-10-9-13(2)11-16(15)17/h5-11,22H,4,12H2,1-3H3,(H,23,24,26). The van der Waals surface area contributed by atoms with Crippen molar-refractivity contribution in [3.8, 4) is 0 Å². The zero-order chi connectivity index (χ0) is 18.3. The maximum absolute atomic E-state index is 12.7. The fraction of sp³-hybridized carbons (Fsp3) is 0.238. The maximum Gasteiger partial charge on any atom is 0.231 e. The number of carbonyl (C=O) groups is 1. The van der Waals surface area contributed by atoms with Gasteiger partial charge < -0.3 is 9.55 Å². The number of aromatic nitrogens is 3. The van der Waals surface area contributed by atoms with Crippen LogP contribution in [-0.4, -0.2) is 20.4 Å². The van der Waals surface area contributed by atoms with E-state index in [0.717, 1.165) is 39.7 Å². The van der Waals surface area contributed by atoms with Crippen LogP contribution in [0.4, 0.5) is 5.95 Å². The van der Waals surface area contributed by atoms with E-state index < -0.39 is 0 Å². The van der Waals surface area contributed by atoms with E-state index in [1.807, 2.05) is 35.8 Å². The molecule has 0 bridgehead atoms. The molecule has 2 aromatic heterocycles. The third-order valence-electron chi connectivity index (χ3n) is 4.83. The highest BCUT2D eigenvalue weighted by Crippen LogP contribution is 2.25. The molecule has 0 saturated carbocycles. The summed E-state index contributed by atoms with van der Waals surface area (Å²) in [5.74, 6) is 0.549. The van der Waals surface area contributed by atoms with Gasteiger partial charge in [-0.25, -0.2) is 4.98 Å². The van der Waals surface area contributed by atoms with Crippen LogP contribution in [0.1, 0.15) is 23.7 Å². The molecule has 5 nitrogen and oxygen atoms in total. The summed E-state index contributed by atoms with van der Waals surface area (Å²) in [4.78, 5) is 20.7. The molecule has 26 heavy (non-hydrogen) atoms. The Morgan fingerprint density at radius 1 is 1.19 bits per heavy atom. The minimum absolute atomic E-state index is 0.0551. The first-order chi connectivity index (χ1) is 12.6. The first-order valence-electron chi connectivity index (χ1n) is 8.89. The Morgan fingerprint density at radius 3 is 2.81 bits per heavy atom. The van der Waals surface area contributed by atoms with Crippen molar-refractivity contribution in [2.24, 2.45) is 0 Å². The fourth-order valence-corrected chi connectivity index (χ4v) is 3.54. The highest BCUT2D eigenvalue weighted by atomic mass is 16.1. The van der Waals surface area contributed by atoms with E-state index in [4.69, 9.17) is 0 Å². The molecule has 0 aliphatic heterocycles. The number of fused-ring (bicyclic) bond motifs is 2. The zero-order valence-corrected chi connectivity index (χ0v) is 15.3. The van der Waals surface area contributed by atoms with Gasteiger partial charge in [0.1, 0.15) is 0 Å². The van der Waals surface area contributed by atoms with Crippen molar-refractivity contribution < 1.29 is 4.79 Å². The quantitative estimate of drug-likeness (QED) is 0.577. The molecule has 2 heterocycles. The Kier molecular flexibility index (Phi) is 3.99. The van der Waals surface area contributed by atoms with Gasteiger partial charge in [-0.15, -0.1) is 0 Å². The lowest BCUT2D eigenvalue weighted by Gasteiger charge is -2.08. The second-order valence-corrected chi connectivity index (χ2v) is 6.67. The van der Waals surface area contributed by atoms with E-state index in [1.54, 1.807) is 0 Å². The molecule has 1 amide bonds. The average Bonchev–Trinajstić information content (AvgIpc) is 3.12. The zero-order valence-electron chi connectivity index (χ0n) is 15.3. The van der Waals surface area contributed by atoms with Gasteiger partial charge >= 0.3 is 0 Å². The van der Waals surface area contributed by atoms with Crippen LogP contribution < -0.4 is 5.32 Å². The Hall–Kier alpha value is -3.08. The number of para-hydroxylation sites is 2. The minimum atomic E-state index is -0.0551. The number of imidazole rings is 1. The highest BCUT2D eigenvalue weighted by Gasteiger charge is 2.16. The molecule has 0 spiro atoms. The van der Waals surface area contributed by atoms with Crippen LogP contribution in [0.5, 0.6) is 0 Å². The van der Waals surface area contributed by atoms with Crippen LogP contribution in [0.15, 0.2) is 42.5 Å². The van der Waals surface area contributed by atoms with Gasteiger partial charge in [-0.1, -0.05) is 23.8 Å². The van der Waals surface area contributed by atoms with Gasteiger partial charge in [0.2, 0.25) is 11.9 Å². The van der Waals surface area contributed by atoms with Gasteiger partial charge in [0.05, 0.1) is 17.5 Å². The smallest absolute Gasteiger partial charge is 0.231 e. The molecule has 0 fully saturated rings. The van der Waals surface area contributed by atoms with Crippen molar-refractivity contribution >= 4 is 33.8 Å². The topological polar surface area (TPSA) is 62.7 Å². The van der Waals surface area contributed by atoms with Gasteiger partial charge in [-0.2, -0.15) is 0 Å². The number of aryl methyl sites for hydroxylation is 3. The van der Waals surface area contributed by atoms with Crippen molar-refractivity contribution in [2.45, 2.75) is 33.7 Å². The van der Waals surface area contributed by atoms with Gasteiger partial charge in [0.15, 0.2) is 0 Å². The summed E-state index contributed by atoms with van der Waals surface area (Å²) in [5, 5.41) is 4.11. The molecular formula is C21H22N4O. The first-order valence-corrected chi connectivity index (χ1v) is 8.89. The predicted molar refractivity (Wildman–Crippen MR) is 106 cm³/mol. The molecule has 0 aliphatic rings. The van der Waals surface area contributed by atoms with Crippen LogP contribution in [0.25, 0.3) is 21.9 Å². The molecule has 4 aromatic rings. The lowest BCUT2D eigenvalue weighted by molar-refractivity contribution is -0.115. The molecule has 0 unspecified atom stereocenters. The number of anilines is 1. The molecule has 0 atom stereocenters. The Morgan fingerprint density at radius 2 is 2.00 bits per heavy atom. The maximum atomic E-state index is 12.7. The number of nitrogens with zero attached hydrogens (tertiary/aromatic N) is 2. The second-order valence-electron chi connectivity index (χ2n) is 6.67. The van der Waals surface area contributed by atoms with E-state index in [1.165, 1.54) is 5.56 Å². The molecule has 2 aromatic carbocycles. The fourth-order valence-electron chi connectivity index (χ4n) is 3.54. The lowest BCUT2D eigenvalue weighted by Crippen LogP contribution is -2.18. The van der Waals surface area contributed by atoms with Crippen LogP contribution in [0, 0.1) is 13.8 Å². The number of aromatic amines is 1. The molecule has 4 rings (SSSR count). The van der Waals surface area contributed by atoms with Gasteiger partial charge in [-0.05, 0) is 50.6 Å². The number of rotatable bonds is 4. The third kappa shape index (κ3) is 2.75. The van der Waals surface area contributed by atoms with Crippen LogP contribution >= 0.6 is 0 Å². The molecule has 0 radical (unpaired) electrons. The van der Waals surface area contributed by atoms with Gasteiger partial charge in [0, 0.05) is 23.1 Å². The van der Waals surface area contributed by atoms with Crippen molar-refractivity contribution in [2.75, 3.05) is 5.32 Å². The van der Waals surface area contributed by atoms with Crippen molar-refractivity contribution in [3.63, 3.8) is 0 Å². The van der Waals surface area contributed by atoms with Crippen molar-refractivity contribution in [1.29, 1.82) is 0 Å². The number of benzene rings is 2. The average molecular weight is 346 g/mol. The summed E-state index contributed by atoms with van der Waals surface area (Å²) in [6.07, 6.45) is 0.322. The summed E-state index contributed by atoms with van der Waals surface area (Å²) in [6.45, 7) is 6.88. The Bertz CT molecular complexity index is 1120. The Balaban J connectivity index is 1.64. The van der Waals surface area contributed by atoms with Crippen LogP contribution in [0.3, 0.4) is 0 Å². The van der Waals surface area contributed by atoms with E-state index in [0.29, 0.717) is 12.4 Å². The summed E-state index contributed by atoms with van der Waals surface area (Å²) in [7, 11) is 0. The SMILES string of the molecule is CCn1c(NC(=O)Cc2c(C)[nH]c3ccc(C)cc23)nc2ccccc21. The number of nitrogens with one attached hydrogen (secondary N) is 2. The highest BCUT2D eigenvalue weighted by molar-refractivity contribution is 5.96. The molecule has 132 valence electrons. The number of H-pyrrole nitrogens is 1. The lowest BCUT2D eigenvalue weighted by atomic mass is 10.1. The van der Waals surface area contributed by atoms with Crippen LogP contribution in [0.2, 0.25) is 0 Å². The van der Waals surface area contributed by atoms with E-state index in [2.05, 4.69) is 47.3 Å². The van der Waals surface area contributed by atoms with Crippen molar-refractivity contribution in [3.05, 3.63) is 59.3 Å². The first kappa shape index (κ1) is 16.4. The molecule has 2 N–H and O–H groups in total. The number of hydrogen-bond acceptors (Lipinski definition) is 2. The largest absolute Gasteiger partial charge is 0.358 e. The number of hydrogen-bond donors (Lipinski definition) is 2. The van der Waals surface area contributed by atoms with Crippen molar-refractivity contribution in [1.82, 2.24) is 14.5 Å². The van der Waals surface area contributed by atoms with Gasteiger partial charge in [-0.3, -0.25) is 10.1 Å². The van der Waals surface area contributed by atoms with Gasteiger partial charge in [0.25, 0.3) is 0 Å². The number of carbonyl (C=O) groups excluding carboxylic acids is 1. The molecule has 0 saturated heterocycles. The molecule has 0 aliphatic carbocycles. The summed E-state index contributed by atoms with van der Waals surface area (Å²) in [5.41, 5.74) is 6.25. The third-order valence-corrected chi connectivity index (χ3v) is 4.83. The second kappa shape index (κ2) is 6.33. The monoisotopic (exact) mass is 346 g/mol. The van der Waals surface area contributed by atoms with E-state index >= 15 is 0 Å². The van der Waals surface area contributed by atoms with E-state index in [-0.39, 0.29) is 5.91 Å². The molecule has 5 heteroatoms.